The van der Waals surface area contributed by atoms with E-state index in [0.29, 0.717) is 11.1 Å². The molecule has 112 valence electrons. The summed E-state index contributed by atoms with van der Waals surface area (Å²) in [6.07, 6.45) is -2.75. The fourth-order valence-corrected chi connectivity index (χ4v) is 1.93. The first-order valence-electron chi connectivity index (χ1n) is 6.43. The van der Waals surface area contributed by atoms with Crippen molar-refractivity contribution in [2.24, 2.45) is 0 Å². The Morgan fingerprint density at radius 2 is 1.90 bits per heavy atom. The third-order valence-electron chi connectivity index (χ3n) is 3.14. The summed E-state index contributed by atoms with van der Waals surface area (Å²) in [5.74, 6) is -0.456. The van der Waals surface area contributed by atoms with Gasteiger partial charge in [0.15, 0.2) is 0 Å². The van der Waals surface area contributed by atoms with Gasteiger partial charge in [0.2, 0.25) is 0 Å². The number of ether oxygens (including phenoxy) is 1. The van der Waals surface area contributed by atoms with Crippen molar-refractivity contribution in [3.63, 3.8) is 0 Å². The highest BCUT2D eigenvalue weighted by Gasteiger charge is 2.25. The standard InChI is InChI=1S/C15H22O5/c1-15(2,3)10-7-9(5-6-11(10)16)14(19)12(17)8-13(18)20-4/h5-7,12,14,16-17,19H,8H2,1-4H3. The van der Waals surface area contributed by atoms with Crippen LogP contribution in [0.2, 0.25) is 0 Å². The number of rotatable bonds is 4. The molecule has 0 saturated heterocycles. The van der Waals surface area contributed by atoms with Crippen molar-refractivity contribution in [2.75, 3.05) is 7.11 Å². The van der Waals surface area contributed by atoms with E-state index in [1.165, 1.54) is 19.2 Å². The van der Waals surface area contributed by atoms with Crippen LogP contribution in [0.3, 0.4) is 0 Å². The first-order valence-corrected chi connectivity index (χ1v) is 6.43. The van der Waals surface area contributed by atoms with E-state index < -0.39 is 18.2 Å². The van der Waals surface area contributed by atoms with E-state index in [1.807, 2.05) is 20.8 Å². The Morgan fingerprint density at radius 1 is 1.30 bits per heavy atom. The van der Waals surface area contributed by atoms with Gasteiger partial charge in [0.25, 0.3) is 0 Å². The second kappa shape index (κ2) is 6.24. The highest BCUT2D eigenvalue weighted by molar-refractivity contribution is 5.69. The number of hydrogen-bond donors (Lipinski definition) is 3. The molecule has 0 spiro atoms. The van der Waals surface area contributed by atoms with Crippen LogP contribution >= 0.6 is 0 Å². The number of aliphatic hydroxyl groups excluding tert-OH is 2. The van der Waals surface area contributed by atoms with Crippen molar-refractivity contribution >= 4 is 5.97 Å². The highest BCUT2D eigenvalue weighted by atomic mass is 16.5. The van der Waals surface area contributed by atoms with Gasteiger partial charge in [-0.1, -0.05) is 26.8 Å². The van der Waals surface area contributed by atoms with Gasteiger partial charge >= 0.3 is 5.97 Å². The Bertz CT molecular complexity index is 476. The molecule has 0 saturated carbocycles. The maximum atomic E-state index is 11.1. The molecule has 0 bridgehead atoms. The maximum absolute atomic E-state index is 11.1. The van der Waals surface area contributed by atoms with Crippen molar-refractivity contribution in [2.45, 2.75) is 44.8 Å². The first kappa shape index (κ1) is 16.5. The van der Waals surface area contributed by atoms with Crippen molar-refractivity contribution in [3.05, 3.63) is 29.3 Å². The summed E-state index contributed by atoms with van der Waals surface area (Å²) in [7, 11) is 1.22. The Morgan fingerprint density at radius 3 is 2.40 bits per heavy atom. The Balaban J connectivity index is 2.99. The van der Waals surface area contributed by atoms with Crippen LogP contribution in [0.5, 0.6) is 5.75 Å². The van der Waals surface area contributed by atoms with Crippen LogP contribution in [0.1, 0.15) is 44.4 Å². The number of phenols is 1. The summed E-state index contributed by atoms with van der Waals surface area (Å²) in [6.45, 7) is 5.80. The van der Waals surface area contributed by atoms with Crippen molar-refractivity contribution in [3.8, 4) is 5.75 Å². The number of carbonyl (C=O) groups excluding carboxylic acids is 1. The molecule has 0 amide bonds. The van der Waals surface area contributed by atoms with Gasteiger partial charge in [-0.15, -0.1) is 0 Å². The fraction of sp³-hybridized carbons (Fsp3) is 0.533. The SMILES string of the molecule is COC(=O)CC(O)C(O)c1ccc(O)c(C(C)(C)C)c1. The third-order valence-corrected chi connectivity index (χ3v) is 3.14. The van der Waals surface area contributed by atoms with Crippen LogP contribution in [0, 0.1) is 0 Å². The van der Waals surface area contributed by atoms with E-state index in [1.54, 1.807) is 6.07 Å². The zero-order valence-electron chi connectivity index (χ0n) is 12.3. The largest absolute Gasteiger partial charge is 0.508 e. The molecule has 2 atom stereocenters. The molecule has 20 heavy (non-hydrogen) atoms. The molecule has 5 heteroatoms. The van der Waals surface area contributed by atoms with Gasteiger partial charge in [-0.2, -0.15) is 0 Å². The number of phenolic OH excluding ortho intramolecular Hbond substituents is 1. The van der Waals surface area contributed by atoms with Gasteiger partial charge in [-0.25, -0.2) is 0 Å². The minimum Gasteiger partial charge on any atom is -0.508 e. The minimum atomic E-state index is -1.25. The summed E-state index contributed by atoms with van der Waals surface area (Å²) >= 11 is 0. The van der Waals surface area contributed by atoms with Crippen LogP contribution in [0.4, 0.5) is 0 Å². The van der Waals surface area contributed by atoms with E-state index in [4.69, 9.17) is 0 Å². The number of aromatic hydroxyl groups is 1. The molecule has 3 N–H and O–H groups in total. The number of aliphatic hydroxyl groups is 2. The Hall–Kier alpha value is -1.59. The molecule has 1 aromatic carbocycles. The average molecular weight is 282 g/mol. The quantitative estimate of drug-likeness (QED) is 0.731. The molecule has 0 aromatic heterocycles. The van der Waals surface area contributed by atoms with Gasteiger partial charge < -0.3 is 20.1 Å². The van der Waals surface area contributed by atoms with Crippen LogP contribution in [-0.4, -0.2) is 34.5 Å². The number of methoxy groups -OCH3 is 1. The van der Waals surface area contributed by atoms with E-state index in [2.05, 4.69) is 4.74 Å². The zero-order chi connectivity index (χ0) is 15.5. The second-order valence-corrected chi connectivity index (χ2v) is 5.82. The predicted molar refractivity (Wildman–Crippen MR) is 74.4 cm³/mol. The summed E-state index contributed by atoms with van der Waals surface area (Å²) in [6, 6.07) is 4.64. The van der Waals surface area contributed by atoms with Crippen molar-refractivity contribution in [1.29, 1.82) is 0 Å². The zero-order valence-corrected chi connectivity index (χ0v) is 12.3. The lowest BCUT2D eigenvalue weighted by Gasteiger charge is -2.23. The molecule has 1 rings (SSSR count). The van der Waals surface area contributed by atoms with Crippen LogP contribution in [0.25, 0.3) is 0 Å². The summed E-state index contributed by atoms with van der Waals surface area (Å²) in [5.41, 5.74) is 0.816. The number of hydrogen-bond acceptors (Lipinski definition) is 5. The van der Waals surface area contributed by atoms with Gasteiger partial charge in [0.05, 0.1) is 19.6 Å². The molecular weight excluding hydrogens is 260 g/mol. The average Bonchev–Trinajstić information content (AvgIpc) is 2.36. The normalized spacial score (nSPS) is 14.7. The molecule has 1 aromatic rings. The molecule has 0 aliphatic heterocycles. The summed E-state index contributed by atoms with van der Waals surface area (Å²) in [4.78, 5) is 11.1. The topological polar surface area (TPSA) is 87.0 Å². The second-order valence-electron chi connectivity index (χ2n) is 5.82. The van der Waals surface area contributed by atoms with Gasteiger partial charge in [-0.05, 0) is 28.7 Å². The van der Waals surface area contributed by atoms with E-state index in [9.17, 15) is 20.1 Å². The number of esters is 1. The minimum absolute atomic E-state index is 0.135. The number of carbonyl (C=O) groups is 1. The summed E-state index contributed by atoms with van der Waals surface area (Å²) in [5, 5.41) is 29.8. The van der Waals surface area contributed by atoms with E-state index in [0.717, 1.165) is 0 Å². The maximum Gasteiger partial charge on any atom is 0.308 e. The summed E-state index contributed by atoms with van der Waals surface area (Å²) < 4.78 is 4.45. The molecule has 0 aliphatic rings. The molecule has 2 unspecified atom stereocenters. The molecule has 0 radical (unpaired) electrons. The molecular formula is C15H22O5. The van der Waals surface area contributed by atoms with Gasteiger partial charge in [-0.3, -0.25) is 4.79 Å². The highest BCUT2D eigenvalue weighted by Crippen LogP contribution is 2.33. The lowest BCUT2D eigenvalue weighted by atomic mass is 9.84. The van der Waals surface area contributed by atoms with Gasteiger partial charge in [0.1, 0.15) is 11.9 Å². The lowest BCUT2D eigenvalue weighted by Crippen LogP contribution is -2.23. The monoisotopic (exact) mass is 282 g/mol. The van der Waals surface area contributed by atoms with Crippen molar-refractivity contribution < 1.29 is 24.9 Å². The third kappa shape index (κ3) is 3.95. The smallest absolute Gasteiger partial charge is 0.308 e. The van der Waals surface area contributed by atoms with Crippen LogP contribution in [0.15, 0.2) is 18.2 Å². The number of benzene rings is 1. The van der Waals surface area contributed by atoms with Crippen molar-refractivity contribution in [1.82, 2.24) is 0 Å². The van der Waals surface area contributed by atoms with Crippen LogP contribution < -0.4 is 0 Å². The molecule has 5 nitrogen and oxygen atoms in total. The Kier molecular flexibility index (Phi) is 5.14. The Labute approximate surface area is 118 Å². The van der Waals surface area contributed by atoms with Crippen LogP contribution in [-0.2, 0) is 14.9 Å². The predicted octanol–water partition coefficient (Wildman–Crippen LogP) is 1.65. The van der Waals surface area contributed by atoms with Gasteiger partial charge in [0, 0.05) is 0 Å². The van der Waals surface area contributed by atoms with E-state index >= 15 is 0 Å². The molecule has 0 heterocycles. The lowest BCUT2D eigenvalue weighted by molar-refractivity contribution is -0.144. The van der Waals surface area contributed by atoms with E-state index in [-0.39, 0.29) is 17.6 Å². The fourth-order valence-electron chi connectivity index (χ4n) is 1.93. The molecule has 0 fully saturated rings. The first-order chi connectivity index (χ1) is 9.16. The molecule has 0 aliphatic carbocycles.